The Morgan fingerprint density at radius 2 is 1.62 bits per heavy atom. The van der Waals surface area contributed by atoms with Gasteiger partial charge in [-0.1, -0.05) is 48.0 Å². The van der Waals surface area contributed by atoms with Gasteiger partial charge in [-0.2, -0.15) is 0 Å². The summed E-state index contributed by atoms with van der Waals surface area (Å²) in [7, 11) is 0. The van der Waals surface area contributed by atoms with E-state index in [1.165, 1.54) is 18.0 Å². The molecule has 0 aliphatic rings. The molecule has 0 bridgehead atoms. The molecule has 0 fully saturated rings. The molecule has 2 amide bonds. The highest BCUT2D eigenvalue weighted by Crippen LogP contribution is 2.17. The Bertz CT molecular complexity index is 1000. The number of rotatable bonds is 7. The molecule has 5 heteroatoms. The molecule has 0 spiro atoms. The number of aromatic nitrogens is 1. The lowest BCUT2D eigenvalue weighted by molar-refractivity contribution is 0.0953. The highest BCUT2D eigenvalue weighted by atomic mass is 16.2. The lowest BCUT2D eigenvalue weighted by Gasteiger charge is -2.10. The third kappa shape index (κ3) is 5.75. The van der Waals surface area contributed by atoms with Gasteiger partial charge in [0.25, 0.3) is 11.8 Å². The molecule has 5 nitrogen and oxygen atoms in total. The number of hydrogen-bond acceptors (Lipinski definition) is 3. The molecule has 148 valence electrons. The summed E-state index contributed by atoms with van der Waals surface area (Å²) in [4.78, 5) is 29.0. The van der Waals surface area contributed by atoms with Crippen LogP contribution in [-0.2, 0) is 6.42 Å². The molecule has 0 saturated heterocycles. The predicted octanol–water partition coefficient (Wildman–Crippen LogP) is 4.31. The van der Waals surface area contributed by atoms with E-state index in [9.17, 15) is 9.59 Å². The molecule has 1 heterocycles. The minimum atomic E-state index is -0.289. The number of anilines is 1. The number of carbonyl (C=O) groups excluding carboxylic acids is 2. The van der Waals surface area contributed by atoms with Gasteiger partial charge in [0.15, 0.2) is 0 Å². The minimum absolute atomic E-state index is 0.230. The number of amides is 2. The highest BCUT2D eigenvalue weighted by molar-refractivity contribution is 6.06. The molecular weight excluding hydrogens is 362 g/mol. The maximum Gasteiger partial charge on any atom is 0.257 e. The van der Waals surface area contributed by atoms with Crippen LogP contribution in [0.2, 0.25) is 0 Å². The van der Waals surface area contributed by atoms with Crippen molar-refractivity contribution in [1.82, 2.24) is 10.3 Å². The van der Waals surface area contributed by atoms with E-state index in [2.05, 4.69) is 27.8 Å². The lowest BCUT2D eigenvalue weighted by atomic mass is 10.1. The summed E-state index contributed by atoms with van der Waals surface area (Å²) in [5, 5.41) is 5.77. The van der Waals surface area contributed by atoms with Gasteiger partial charge < -0.3 is 10.6 Å². The molecule has 2 aromatic carbocycles. The quantitative estimate of drug-likeness (QED) is 0.593. The zero-order valence-corrected chi connectivity index (χ0v) is 16.7. The van der Waals surface area contributed by atoms with Crippen molar-refractivity contribution in [3.05, 3.63) is 94.8 Å². The molecule has 0 radical (unpaired) electrons. The van der Waals surface area contributed by atoms with Crippen molar-refractivity contribution in [2.45, 2.75) is 26.7 Å². The Morgan fingerprint density at radius 3 is 2.34 bits per heavy atom. The van der Waals surface area contributed by atoms with Crippen molar-refractivity contribution in [2.75, 3.05) is 11.9 Å². The van der Waals surface area contributed by atoms with Crippen molar-refractivity contribution in [3.63, 3.8) is 0 Å². The van der Waals surface area contributed by atoms with E-state index in [4.69, 9.17) is 0 Å². The second-order valence-electron chi connectivity index (χ2n) is 7.08. The van der Waals surface area contributed by atoms with E-state index in [0.29, 0.717) is 17.7 Å². The van der Waals surface area contributed by atoms with Crippen molar-refractivity contribution in [2.24, 2.45) is 0 Å². The Kier molecular flexibility index (Phi) is 6.74. The van der Waals surface area contributed by atoms with Crippen LogP contribution in [0.3, 0.4) is 0 Å². The Morgan fingerprint density at radius 1 is 0.897 bits per heavy atom. The summed E-state index contributed by atoms with van der Waals surface area (Å²) >= 11 is 0. The molecule has 0 aliphatic carbocycles. The van der Waals surface area contributed by atoms with E-state index in [1.807, 2.05) is 50.2 Å². The number of carbonyl (C=O) groups is 2. The van der Waals surface area contributed by atoms with Crippen molar-refractivity contribution in [1.29, 1.82) is 0 Å². The Balaban J connectivity index is 1.56. The fourth-order valence-electron chi connectivity index (χ4n) is 3.08. The van der Waals surface area contributed by atoms with Gasteiger partial charge in [-0.25, -0.2) is 0 Å². The first-order chi connectivity index (χ1) is 14.0. The fourth-order valence-corrected chi connectivity index (χ4v) is 3.08. The SMILES string of the molecule is Cc1ccc(NC(=O)c2cncc(C(=O)NCCCc3ccccc3)c2)c(C)c1. The summed E-state index contributed by atoms with van der Waals surface area (Å²) in [6.07, 6.45) is 4.68. The predicted molar refractivity (Wildman–Crippen MR) is 115 cm³/mol. The maximum atomic E-state index is 12.6. The van der Waals surface area contributed by atoms with E-state index in [0.717, 1.165) is 29.7 Å². The van der Waals surface area contributed by atoms with Crippen LogP contribution < -0.4 is 10.6 Å². The molecule has 1 aromatic heterocycles. The zero-order chi connectivity index (χ0) is 20.6. The maximum absolute atomic E-state index is 12.6. The number of nitrogens with zero attached hydrogens (tertiary/aromatic N) is 1. The summed E-state index contributed by atoms with van der Waals surface area (Å²) in [6.45, 7) is 4.51. The van der Waals surface area contributed by atoms with Gasteiger partial charge in [0.05, 0.1) is 11.1 Å². The average molecular weight is 387 g/mol. The molecular formula is C24H25N3O2. The van der Waals surface area contributed by atoms with Gasteiger partial charge >= 0.3 is 0 Å². The molecule has 2 N–H and O–H groups in total. The third-order valence-corrected chi connectivity index (χ3v) is 4.66. The second-order valence-corrected chi connectivity index (χ2v) is 7.08. The summed E-state index contributed by atoms with van der Waals surface area (Å²) in [5.41, 5.74) is 4.83. The third-order valence-electron chi connectivity index (χ3n) is 4.66. The van der Waals surface area contributed by atoms with E-state index in [1.54, 1.807) is 6.07 Å². The standard InChI is InChI=1S/C24H25N3O2/c1-17-10-11-22(18(2)13-17)27-24(29)21-14-20(15-25-16-21)23(28)26-12-6-9-19-7-4-3-5-8-19/h3-5,7-8,10-11,13-16H,6,9,12H2,1-2H3,(H,26,28)(H,27,29). The highest BCUT2D eigenvalue weighted by Gasteiger charge is 2.12. The van der Waals surface area contributed by atoms with Crippen LogP contribution in [0.1, 0.15) is 43.8 Å². The van der Waals surface area contributed by atoms with Crippen molar-refractivity contribution < 1.29 is 9.59 Å². The van der Waals surface area contributed by atoms with Gasteiger partial charge in [-0.3, -0.25) is 14.6 Å². The monoisotopic (exact) mass is 387 g/mol. The minimum Gasteiger partial charge on any atom is -0.352 e. The number of pyridine rings is 1. The molecule has 0 aliphatic heterocycles. The Hall–Kier alpha value is -3.47. The van der Waals surface area contributed by atoms with E-state index >= 15 is 0 Å². The normalized spacial score (nSPS) is 10.4. The van der Waals surface area contributed by atoms with Crippen molar-refractivity contribution in [3.8, 4) is 0 Å². The van der Waals surface area contributed by atoms with Gasteiger partial charge in [0.2, 0.25) is 0 Å². The first-order valence-corrected chi connectivity index (χ1v) is 9.69. The zero-order valence-electron chi connectivity index (χ0n) is 16.7. The number of hydrogen-bond donors (Lipinski definition) is 2. The smallest absolute Gasteiger partial charge is 0.257 e. The van der Waals surface area contributed by atoms with E-state index < -0.39 is 0 Å². The molecule has 0 unspecified atom stereocenters. The summed E-state index contributed by atoms with van der Waals surface area (Å²) < 4.78 is 0. The first kappa shape index (κ1) is 20.3. The lowest BCUT2D eigenvalue weighted by Crippen LogP contribution is -2.25. The number of aryl methyl sites for hydroxylation is 3. The fraction of sp³-hybridized carbons (Fsp3) is 0.208. The molecule has 0 atom stereocenters. The van der Waals surface area contributed by atoms with Crippen LogP contribution in [0.25, 0.3) is 0 Å². The van der Waals surface area contributed by atoms with Crippen LogP contribution in [0, 0.1) is 13.8 Å². The van der Waals surface area contributed by atoms with Crippen molar-refractivity contribution >= 4 is 17.5 Å². The van der Waals surface area contributed by atoms with Crippen LogP contribution in [0.5, 0.6) is 0 Å². The molecule has 29 heavy (non-hydrogen) atoms. The molecule has 0 saturated carbocycles. The van der Waals surface area contributed by atoms with Crippen LogP contribution in [0.15, 0.2) is 67.0 Å². The summed E-state index contributed by atoms with van der Waals surface area (Å²) in [5.74, 6) is -0.519. The molecule has 3 rings (SSSR count). The van der Waals surface area contributed by atoms with Crippen LogP contribution in [-0.4, -0.2) is 23.3 Å². The number of benzene rings is 2. The van der Waals surface area contributed by atoms with Gasteiger partial charge in [-0.05, 0) is 49.9 Å². The second kappa shape index (κ2) is 9.64. The first-order valence-electron chi connectivity index (χ1n) is 9.69. The average Bonchev–Trinajstić information content (AvgIpc) is 2.74. The topological polar surface area (TPSA) is 71.1 Å². The van der Waals surface area contributed by atoms with Gasteiger partial charge in [0, 0.05) is 24.6 Å². The Labute approximate surface area is 171 Å². The van der Waals surface area contributed by atoms with E-state index in [-0.39, 0.29) is 11.8 Å². The number of nitrogens with one attached hydrogen (secondary N) is 2. The van der Waals surface area contributed by atoms with Crippen LogP contribution >= 0.6 is 0 Å². The molecule has 3 aromatic rings. The van der Waals surface area contributed by atoms with Gasteiger partial charge in [-0.15, -0.1) is 0 Å². The van der Waals surface area contributed by atoms with Gasteiger partial charge in [0.1, 0.15) is 0 Å². The largest absolute Gasteiger partial charge is 0.352 e. The summed E-state index contributed by atoms with van der Waals surface area (Å²) in [6, 6.07) is 17.5. The van der Waals surface area contributed by atoms with Crippen LogP contribution in [0.4, 0.5) is 5.69 Å².